The third-order valence-corrected chi connectivity index (χ3v) is 4.12. The Kier molecular flexibility index (Phi) is 4.04. The summed E-state index contributed by atoms with van der Waals surface area (Å²) in [5.74, 6) is -0.480. The minimum absolute atomic E-state index is 0.0746. The zero-order chi connectivity index (χ0) is 14.9. The molecule has 1 amide bonds. The summed E-state index contributed by atoms with van der Waals surface area (Å²) in [5.41, 5.74) is 0.927. The molecule has 0 fully saturated rings. The van der Waals surface area contributed by atoms with Crippen LogP contribution >= 0.6 is 23.1 Å². The number of rotatable bonds is 3. The molecule has 0 aliphatic heterocycles. The second kappa shape index (κ2) is 5.44. The molecule has 0 bridgehead atoms. The molecule has 0 unspecified atom stereocenters. The number of carbonyl (C=O) groups is 1. The highest BCUT2D eigenvalue weighted by Gasteiger charge is 2.17. The number of carbonyl (C=O) groups excluding carboxylic acids is 1. The predicted octanol–water partition coefficient (Wildman–Crippen LogP) is 1.40. The van der Waals surface area contributed by atoms with Crippen molar-refractivity contribution >= 4 is 44.8 Å². The zero-order valence-corrected chi connectivity index (χ0v) is 12.5. The van der Waals surface area contributed by atoms with E-state index in [0.29, 0.717) is 11.3 Å². The lowest BCUT2D eigenvalue weighted by molar-refractivity contribution is 0.102. The van der Waals surface area contributed by atoms with Crippen molar-refractivity contribution < 1.29 is 13.2 Å². The van der Waals surface area contributed by atoms with E-state index in [9.17, 15) is 13.2 Å². The van der Waals surface area contributed by atoms with Crippen molar-refractivity contribution in [2.45, 2.75) is 11.8 Å². The Balaban J connectivity index is 2.37. The molecule has 0 aliphatic rings. The van der Waals surface area contributed by atoms with Gasteiger partial charge in [0.25, 0.3) is 5.91 Å². The largest absolute Gasteiger partial charge is 0.319 e. The van der Waals surface area contributed by atoms with E-state index in [-0.39, 0.29) is 15.6 Å². The van der Waals surface area contributed by atoms with Gasteiger partial charge in [0.05, 0.1) is 15.6 Å². The van der Waals surface area contributed by atoms with Crippen LogP contribution in [0.1, 0.15) is 16.1 Å². The van der Waals surface area contributed by atoms with Crippen LogP contribution in [0.5, 0.6) is 0 Å². The Bertz CT molecular complexity index is 736. The molecule has 0 spiro atoms. The minimum Gasteiger partial charge on any atom is -0.319 e. The van der Waals surface area contributed by atoms with E-state index >= 15 is 0 Å². The van der Waals surface area contributed by atoms with Gasteiger partial charge in [-0.25, -0.2) is 13.6 Å². The molecule has 3 N–H and O–H groups in total. The lowest BCUT2D eigenvalue weighted by Gasteiger charge is -2.11. The third-order valence-electron chi connectivity index (χ3n) is 2.42. The number of sulfonamides is 1. The van der Waals surface area contributed by atoms with Crippen molar-refractivity contribution in [2.75, 3.05) is 5.32 Å². The Morgan fingerprint density at radius 1 is 1.45 bits per heavy atom. The standard InChI is InChI=1S/C10H9ClN4O3S2/c1-5-2-6(20(12,17)18)3-7(11)9(5)13-10(16)8-4-19-15-14-8/h2-4H,1H3,(H,13,16)(H2,12,17,18). The third kappa shape index (κ3) is 3.12. The number of halogens is 1. The van der Waals surface area contributed by atoms with E-state index in [0.717, 1.165) is 11.5 Å². The van der Waals surface area contributed by atoms with Crippen molar-refractivity contribution in [3.63, 3.8) is 0 Å². The van der Waals surface area contributed by atoms with E-state index in [2.05, 4.69) is 14.9 Å². The number of nitrogens with one attached hydrogen (secondary N) is 1. The van der Waals surface area contributed by atoms with Crippen LogP contribution < -0.4 is 10.5 Å². The SMILES string of the molecule is Cc1cc(S(N)(=O)=O)cc(Cl)c1NC(=O)c1csnn1. The lowest BCUT2D eigenvalue weighted by Crippen LogP contribution is -2.16. The van der Waals surface area contributed by atoms with Gasteiger partial charge in [0, 0.05) is 5.38 Å². The average molecular weight is 333 g/mol. The summed E-state index contributed by atoms with van der Waals surface area (Å²) in [4.78, 5) is 11.7. The molecule has 1 aromatic carbocycles. The van der Waals surface area contributed by atoms with E-state index < -0.39 is 15.9 Å². The maximum Gasteiger partial charge on any atom is 0.277 e. The zero-order valence-electron chi connectivity index (χ0n) is 10.1. The Morgan fingerprint density at radius 2 is 2.15 bits per heavy atom. The van der Waals surface area contributed by atoms with Gasteiger partial charge in [0.1, 0.15) is 0 Å². The van der Waals surface area contributed by atoms with E-state index in [1.807, 2.05) is 0 Å². The highest BCUT2D eigenvalue weighted by Crippen LogP contribution is 2.29. The quantitative estimate of drug-likeness (QED) is 0.881. The van der Waals surface area contributed by atoms with E-state index in [1.54, 1.807) is 6.92 Å². The molecule has 10 heteroatoms. The van der Waals surface area contributed by atoms with Gasteiger partial charge in [-0.2, -0.15) is 0 Å². The maximum atomic E-state index is 11.9. The fraction of sp³-hybridized carbons (Fsp3) is 0.100. The molecule has 0 saturated heterocycles. The number of primary sulfonamides is 1. The number of hydrogen-bond donors (Lipinski definition) is 2. The number of amides is 1. The first kappa shape index (κ1) is 14.9. The van der Waals surface area contributed by atoms with Gasteiger partial charge in [0.2, 0.25) is 10.0 Å². The Hall–Kier alpha value is -1.55. The summed E-state index contributed by atoms with van der Waals surface area (Å²) in [6.07, 6.45) is 0. The van der Waals surface area contributed by atoms with Crippen molar-refractivity contribution in [2.24, 2.45) is 5.14 Å². The van der Waals surface area contributed by atoms with Gasteiger partial charge in [0.15, 0.2) is 5.69 Å². The highest BCUT2D eigenvalue weighted by molar-refractivity contribution is 7.89. The molecule has 1 aromatic heterocycles. The minimum atomic E-state index is -3.85. The number of anilines is 1. The summed E-state index contributed by atoms with van der Waals surface area (Å²) < 4.78 is 26.1. The molecule has 106 valence electrons. The van der Waals surface area contributed by atoms with Crippen molar-refractivity contribution in [3.05, 3.63) is 33.8 Å². The highest BCUT2D eigenvalue weighted by atomic mass is 35.5. The summed E-state index contributed by atoms with van der Waals surface area (Å²) >= 11 is 7.02. The Morgan fingerprint density at radius 3 is 2.65 bits per heavy atom. The summed E-state index contributed by atoms with van der Waals surface area (Å²) in [6, 6.07) is 2.51. The molecular formula is C10H9ClN4O3S2. The van der Waals surface area contributed by atoms with Crippen LogP contribution in [0.3, 0.4) is 0 Å². The molecule has 2 aromatic rings. The number of benzene rings is 1. The summed E-state index contributed by atoms with van der Waals surface area (Å²) in [5, 5.41) is 12.8. The van der Waals surface area contributed by atoms with Gasteiger partial charge >= 0.3 is 0 Å². The van der Waals surface area contributed by atoms with Crippen LogP contribution in [0.25, 0.3) is 0 Å². The molecule has 2 rings (SSSR count). The number of aryl methyl sites for hydroxylation is 1. The van der Waals surface area contributed by atoms with Crippen LogP contribution in [-0.4, -0.2) is 23.9 Å². The van der Waals surface area contributed by atoms with Crippen molar-refractivity contribution in [1.29, 1.82) is 0 Å². The smallest absolute Gasteiger partial charge is 0.277 e. The van der Waals surface area contributed by atoms with Crippen molar-refractivity contribution in [3.8, 4) is 0 Å². The normalized spacial score (nSPS) is 11.3. The molecular weight excluding hydrogens is 324 g/mol. The van der Waals surface area contributed by atoms with E-state index in [4.69, 9.17) is 16.7 Å². The van der Waals surface area contributed by atoms with Gasteiger partial charge < -0.3 is 5.32 Å². The number of nitrogens with two attached hydrogens (primary N) is 1. The topological polar surface area (TPSA) is 115 Å². The molecule has 7 nitrogen and oxygen atoms in total. The van der Waals surface area contributed by atoms with Gasteiger partial charge in [-0.15, -0.1) is 5.10 Å². The predicted molar refractivity (Wildman–Crippen MR) is 75.4 cm³/mol. The fourth-order valence-corrected chi connectivity index (χ4v) is 2.91. The molecule has 0 radical (unpaired) electrons. The van der Waals surface area contributed by atoms with Crippen LogP contribution in [0.15, 0.2) is 22.4 Å². The summed E-state index contributed by atoms with van der Waals surface area (Å²) in [6.45, 7) is 1.61. The van der Waals surface area contributed by atoms with Crippen LogP contribution in [-0.2, 0) is 10.0 Å². The van der Waals surface area contributed by atoms with Crippen LogP contribution in [0.4, 0.5) is 5.69 Å². The number of hydrogen-bond acceptors (Lipinski definition) is 6. The lowest BCUT2D eigenvalue weighted by atomic mass is 10.2. The second-order valence-electron chi connectivity index (χ2n) is 3.89. The maximum absolute atomic E-state index is 11.9. The molecule has 0 saturated carbocycles. The molecule has 20 heavy (non-hydrogen) atoms. The first-order valence-electron chi connectivity index (χ1n) is 5.20. The van der Waals surface area contributed by atoms with Gasteiger partial charge in [-0.3, -0.25) is 4.79 Å². The monoisotopic (exact) mass is 332 g/mol. The first-order valence-corrected chi connectivity index (χ1v) is 7.96. The molecule has 0 aliphatic carbocycles. The molecule has 0 atom stereocenters. The number of aromatic nitrogens is 2. The molecule has 1 heterocycles. The summed E-state index contributed by atoms with van der Waals surface area (Å²) in [7, 11) is -3.85. The average Bonchev–Trinajstić information content (AvgIpc) is 2.85. The van der Waals surface area contributed by atoms with Crippen LogP contribution in [0, 0.1) is 6.92 Å². The second-order valence-corrected chi connectivity index (χ2v) is 6.46. The van der Waals surface area contributed by atoms with E-state index in [1.165, 1.54) is 17.5 Å². The Labute approximate surface area is 124 Å². The number of nitrogens with zero attached hydrogens (tertiary/aromatic N) is 2. The van der Waals surface area contributed by atoms with Gasteiger partial charge in [-0.05, 0) is 36.2 Å². The van der Waals surface area contributed by atoms with Gasteiger partial charge in [-0.1, -0.05) is 16.1 Å². The van der Waals surface area contributed by atoms with Crippen LogP contribution in [0.2, 0.25) is 5.02 Å². The van der Waals surface area contributed by atoms with Crippen molar-refractivity contribution in [1.82, 2.24) is 9.59 Å². The fourth-order valence-electron chi connectivity index (χ4n) is 1.48. The first-order chi connectivity index (χ1) is 9.29.